The molecule has 0 aliphatic rings. The molecule has 0 aliphatic heterocycles. The first-order valence-corrected chi connectivity index (χ1v) is 21.7. The van der Waals surface area contributed by atoms with Crippen molar-refractivity contribution < 1.29 is 4.42 Å². The van der Waals surface area contributed by atoms with Crippen molar-refractivity contribution in [2.24, 2.45) is 0 Å². The molecule has 0 fully saturated rings. The van der Waals surface area contributed by atoms with Crippen LogP contribution in [0.1, 0.15) is 0 Å². The van der Waals surface area contributed by atoms with Crippen LogP contribution in [0.5, 0.6) is 0 Å². The summed E-state index contributed by atoms with van der Waals surface area (Å²) in [4.78, 5) is 15.6. The fraction of sp³-hybridized carbons (Fsp3) is 0. The first-order valence-electron chi connectivity index (χ1n) is 21.7. The van der Waals surface area contributed by atoms with Gasteiger partial charge in [-0.2, -0.15) is 0 Å². The Kier molecular flexibility index (Phi) is 7.33. The second-order valence-corrected chi connectivity index (χ2v) is 16.8. The Morgan fingerprint density at radius 2 is 0.938 bits per heavy atom. The third-order valence-corrected chi connectivity index (χ3v) is 13.1. The molecule has 0 saturated carbocycles. The number of nitrogens with zero attached hydrogens (tertiary/aromatic N) is 4. The van der Waals surface area contributed by atoms with E-state index in [-0.39, 0.29) is 0 Å². The molecule has 0 amide bonds. The summed E-state index contributed by atoms with van der Waals surface area (Å²) in [7, 11) is 0. The van der Waals surface area contributed by atoms with Crippen molar-refractivity contribution in [3.05, 3.63) is 206 Å². The summed E-state index contributed by atoms with van der Waals surface area (Å²) in [5.74, 6) is 1.86. The van der Waals surface area contributed by atoms with E-state index in [1.54, 1.807) is 0 Å². The Hall–Kier alpha value is -8.67. The average molecular weight is 815 g/mol. The molecule has 0 saturated heterocycles. The van der Waals surface area contributed by atoms with Gasteiger partial charge in [0.05, 0.1) is 11.0 Å². The Morgan fingerprint density at radius 3 is 1.78 bits per heavy atom. The zero-order valence-electron chi connectivity index (χ0n) is 34.3. The fourth-order valence-electron chi connectivity index (χ4n) is 10.2. The summed E-state index contributed by atoms with van der Waals surface area (Å²) in [5.41, 5.74) is 7.92. The monoisotopic (exact) mass is 814 g/mol. The molecule has 296 valence electrons. The summed E-state index contributed by atoms with van der Waals surface area (Å²) in [6.07, 6.45) is 0. The van der Waals surface area contributed by atoms with E-state index < -0.39 is 0 Å². The second kappa shape index (κ2) is 13.4. The Balaban J connectivity index is 0.966. The van der Waals surface area contributed by atoms with Gasteiger partial charge in [-0.3, -0.25) is 0 Å². The summed E-state index contributed by atoms with van der Waals surface area (Å²) >= 11 is 0. The van der Waals surface area contributed by atoms with Gasteiger partial charge in [0, 0.05) is 43.9 Å². The SMILES string of the molecule is c1ccc(-c2nc(-c3ccc4oc5ccc6cc(-n7c8cc9ccccc9cc8c8c9ccccc9ccc87)ccc6c5c4c3)nc(-c3cc4ccccc4c4ccccc34)n2)cc1. The third-order valence-electron chi connectivity index (χ3n) is 13.1. The van der Waals surface area contributed by atoms with Gasteiger partial charge in [0.25, 0.3) is 0 Å². The van der Waals surface area contributed by atoms with Crippen molar-refractivity contribution in [3.8, 4) is 39.9 Å². The van der Waals surface area contributed by atoms with Gasteiger partial charge < -0.3 is 8.98 Å². The number of furan rings is 1. The van der Waals surface area contributed by atoms with Crippen LogP contribution in [0.4, 0.5) is 0 Å². The van der Waals surface area contributed by atoms with Crippen molar-refractivity contribution in [3.63, 3.8) is 0 Å². The van der Waals surface area contributed by atoms with E-state index in [9.17, 15) is 0 Å². The van der Waals surface area contributed by atoms with E-state index in [1.807, 2.05) is 18.2 Å². The van der Waals surface area contributed by atoms with Crippen LogP contribution in [0.15, 0.2) is 211 Å². The molecule has 0 aliphatic carbocycles. The van der Waals surface area contributed by atoms with Gasteiger partial charge in [0.2, 0.25) is 0 Å². The minimum Gasteiger partial charge on any atom is -0.456 e. The van der Waals surface area contributed by atoms with Gasteiger partial charge in [-0.15, -0.1) is 0 Å². The zero-order chi connectivity index (χ0) is 41.9. The van der Waals surface area contributed by atoms with Crippen LogP contribution in [0.25, 0.3) is 137 Å². The van der Waals surface area contributed by atoms with Crippen molar-refractivity contribution >= 4 is 97.6 Å². The zero-order valence-corrected chi connectivity index (χ0v) is 34.3. The fourth-order valence-corrected chi connectivity index (χ4v) is 10.2. The van der Waals surface area contributed by atoms with Crippen LogP contribution in [0.3, 0.4) is 0 Å². The highest BCUT2D eigenvalue weighted by molar-refractivity contribution is 6.24. The van der Waals surface area contributed by atoms with Crippen molar-refractivity contribution in [2.45, 2.75) is 0 Å². The Labute approximate surface area is 366 Å². The van der Waals surface area contributed by atoms with Crippen molar-refractivity contribution in [2.75, 3.05) is 0 Å². The predicted molar refractivity (Wildman–Crippen MR) is 265 cm³/mol. The quantitative estimate of drug-likeness (QED) is 0.166. The molecule has 0 bridgehead atoms. The van der Waals surface area contributed by atoms with E-state index in [1.165, 1.54) is 54.1 Å². The van der Waals surface area contributed by atoms with Crippen LogP contribution in [-0.2, 0) is 0 Å². The molecule has 3 aromatic heterocycles. The van der Waals surface area contributed by atoms with Gasteiger partial charge in [-0.05, 0) is 115 Å². The lowest BCUT2D eigenvalue weighted by molar-refractivity contribution is 0.669. The molecule has 3 heterocycles. The smallest absolute Gasteiger partial charge is 0.164 e. The van der Waals surface area contributed by atoms with Gasteiger partial charge >= 0.3 is 0 Å². The lowest BCUT2D eigenvalue weighted by atomic mass is 9.97. The number of hydrogen-bond acceptors (Lipinski definition) is 4. The van der Waals surface area contributed by atoms with Crippen molar-refractivity contribution in [1.29, 1.82) is 0 Å². The molecule has 0 N–H and O–H groups in total. The molecule has 14 rings (SSSR count). The number of fused-ring (bicyclic) bond motifs is 14. The topological polar surface area (TPSA) is 56.7 Å². The van der Waals surface area contributed by atoms with Gasteiger partial charge in [-0.1, -0.05) is 146 Å². The minimum absolute atomic E-state index is 0.603. The lowest BCUT2D eigenvalue weighted by Crippen LogP contribution is -2.00. The molecule has 14 aromatic rings. The maximum atomic E-state index is 6.57. The Morgan fingerprint density at radius 1 is 0.312 bits per heavy atom. The summed E-state index contributed by atoms with van der Waals surface area (Å²) in [5, 5.41) is 16.4. The lowest BCUT2D eigenvalue weighted by Gasteiger charge is -2.12. The predicted octanol–water partition coefficient (Wildman–Crippen LogP) is 15.6. The van der Waals surface area contributed by atoms with Crippen molar-refractivity contribution in [1.82, 2.24) is 19.5 Å². The minimum atomic E-state index is 0.603. The standard InChI is InChI=1S/C59H34N4O/c1-2-13-36(14-3-1)57-60-58(62-59(61-57)48-32-39-17-7-8-18-43(39)46-20-10-11-21-47(46)48)41-24-28-53-50(33-41)56-45-26-25-42(30-40(45)23-29-54(56)64-53)63-51-27-22-35-12-6-9-19-44(35)55(51)49-31-37-15-4-5-16-38(37)34-52(49)63/h1-34H. The van der Waals surface area contributed by atoms with Crippen LogP contribution >= 0.6 is 0 Å². The largest absolute Gasteiger partial charge is 0.456 e. The van der Waals surface area contributed by atoms with Crippen LogP contribution in [-0.4, -0.2) is 19.5 Å². The second-order valence-electron chi connectivity index (χ2n) is 16.8. The molecule has 0 atom stereocenters. The van der Waals surface area contributed by atoms with E-state index in [0.717, 1.165) is 65.9 Å². The van der Waals surface area contributed by atoms with Crippen LogP contribution in [0, 0.1) is 0 Å². The molecule has 0 radical (unpaired) electrons. The highest BCUT2D eigenvalue weighted by Gasteiger charge is 2.20. The number of aromatic nitrogens is 4. The van der Waals surface area contributed by atoms with E-state index in [4.69, 9.17) is 19.4 Å². The first-order chi connectivity index (χ1) is 31.7. The van der Waals surface area contributed by atoms with E-state index >= 15 is 0 Å². The number of benzene rings is 11. The van der Waals surface area contributed by atoms with Gasteiger partial charge in [0.1, 0.15) is 11.2 Å². The van der Waals surface area contributed by atoms with Crippen LogP contribution in [0.2, 0.25) is 0 Å². The van der Waals surface area contributed by atoms with Gasteiger partial charge in [-0.25, -0.2) is 15.0 Å². The summed E-state index contributed by atoms with van der Waals surface area (Å²) < 4.78 is 9.00. The van der Waals surface area contributed by atoms with Gasteiger partial charge in [0.15, 0.2) is 17.5 Å². The van der Waals surface area contributed by atoms with E-state index in [2.05, 4.69) is 193 Å². The number of rotatable bonds is 4. The molecular weight excluding hydrogens is 781 g/mol. The first kappa shape index (κ1) is 35.0. The van der Waals surface area contributed by atoms with E-state index in [0.29, 0.717) is 17.5 Å². The summed E-state index contributed by atoms with van der Waals surface area (Å²) in [6.45, 7) is 0. The molecular formula is C59H34N4O. The third kappa shape index (κ3) is 5.22. The molecule has 64 heavy (non-hydrogen) atoms. The molecule has 0 unspecified atom stereocenters. The van der Waals surface area contributed by atoms with Crippen LogP contribution < -0.4 is 0 Å². The normalized spacial score (nSPS) is 12.1. The highest BCUT2D eigenvalue weighted by Crippen LogP contribution is 2.42. The molecule has 11 aromatic carbocycles. The molecule has 5 nitrogen and oxygen atoms in total. The Bertz CT molecular complexity index is 4260. The maximum Gasteiger partial charge on any atom is 0.164 e. The molecule has 0 spiro atoms. The maximum absolute atomic E-state index is 6.57. The average Bonchev–Trinajstić information content (AvgIpc) is 3.90. The summed E-state index contributed by atoms with van der Waals surface area (Å²) in [6, 6.07) is 73.4. The highest BCUT2D eigenvalue weighted by atomic mass is 16.3. The molecule has 5 heteroatoms. The number of hydrogen-bond donors (Lipinski definition) is 0.